The van der Waals surface area contributed by atoms with Crippen molar-refractivity contribution in [1.29, 1.82) is 0 Å². The molecule has 3 aliphatic heterocycles. The Morgan fingerprint density at radius 1 is 0.685 bits per heavy atom. The predicted molar refractivity (Wildman–Crippen MR) is 201 cm³/mol. The van der Waals surface area contributed by atoms with Gasteiger partial charge in [-0.3, -0.25) is 24.0 Å². The molecule has 0 spiro atoms. The van der Waals surface area contributed by atoms with Gasteiger partial charge in [0, 0.05) is 39.5 Å². The fourth-order valence-corrected chi connectivity index (χ4v) is 6.59. The van der Waals surface area contributed by atoms with E-state index < -0.39 is 54.0 Å². The molecule has 6 bridgehead atoms. The van der Waals surface area contributed by atoms with Crippen molar-refractivity contribution < 1.29 is 38.2 Å². The molecular formula is C40H50N6O8. The van der Waals surface area contributed by atoms with Gasteiger partial charge in [-0.25, -0.2) is 0 Å². The van der Waals surface area contributed by atoms with Gasteiger partial charge in [-0.05, 0) is 80.3 Å². The largest absolute Gasteiger partial charge is 0.497 e. The van der Waals surface area contributed by atoms with Gasteiger partial charge in [-0.1, -0.05) is 30.3 Å². The van der Waals surface area contributed by atoms with Gasteiger partial charge in [-0.15, -0.1) is 0 Å². The van der Waals surface area contributed by atoms with Crippen molar-refractivity contribution in [3.8, 4) is 23.0 Å². The molecule has 6 atom stereocenters. The van der Waals surface area contributed by atoms with Crippen LogP contribution in [0.1, 0.15) is 37.5 Å². The molecule has 0 aliphatic carbocycles. The lowest BCUT2D eigenvalue weighted by atomic mass is 10.00. The standard InChI is InChI=1S/C40H50N6O8/c1-23-36(47)43-25(3)40(51)45(4)29(18-26-8-13-30(52-6)14-9-26)22-41-24(2)39(50)46(5)33-20-27-10-15-31(16-11-27)54-35-21-28(12-17-34(35)53-7)19-32(37(48)42-23)44-38(33)49/h8-17,21,23-25,29,32-33,41H,18-20,22H2,1-7H3,(H,42,48)(H,43,47)(H,44,49)/t23-,24+,25+,29+,32+,33+/m1/s1. The Hall–Kier alpha value is -5.63. The van der Waals surface area contributed by atoms with Gasteiger partial charge in [0.1, 0.15) is 35.7 Å². The Kier molecular flexibility index (Phi) is 12.8. The molecule has 1 saturated heterocycles. The van der Waals surface area contributed by atoms with Crippen LogP contribution in [0.4, 0.5) is 0 Å². The van der Waals surface area contributed by atoms with Crippen LogP contribution < -0.4 is 35.5 Å². The highest BCUT2D eigenvalue weighted by molar-refractivity contribution is 5.96. The number of hydrogen-bond donors (Lipinski definition) is 4. The van der Waals surface area contributed by atoms with Gasteiger partial charge in [0.15, 0.2) is 11.5 Å². The highest BCUT2D eigenvalue weighted by Crippen LogP contribution is 2.33. The van der Waals surface area contributed by atoms with Crippen LogP contribution in [-0.2, 0) is 43.2 Å². The third-order valence-corrected chi connectivity index (χ3v) is 10.0. The zero-order valence-corrected chi connectivity index (χ0v) is 31.8. The number of benzene rings is 3. The molecule has 3 aromatic rings. The van der Waals surface area contributed by atoms with E-state index >= 15 is 0 Å². The molecule has 0 unspecified atom stereocenters. The van der Waals surface area contributed by atoms with E-state index in [2.05, 4.69) is 21.3 Å². The smallest absolute Gasteiger partial charge is 0.244 e. The van der Waals surface area contributed by atoms with Crippen molar-refractivity contribution >= 4 is 29.5 Å². The highest BCUT2D eigenvalue weighted by atomic mass is 16.5. The summed E-state index contributed by atoms with van der Waals surface area (Å²) in [5.41, 5.74) is 2.33. The van der Waals surface area contributed by atoms with Crippen molar-refractivity contribution in [3.63, 3.8) is 0 Å². The molecule has 14 heteroatoms. The summed E-state index contributed by atoms with van der Waals surface area (Å²) in [6.45, 7) is 5.02. The number of likely N-dealkylation sites (N-methyl/N-ethyl adjacent to an activating group) is 2. The summed E-state index contributed by atoms with van der Waals surface area (Å²) in [4.78, 5) is 72.4. The van der Waals surface area contributed by atoms with Crippen LogP contribution in [-0.4, -0.2) is 110 Å². The van der Waals surface area contributed by atoms with Gasteiger partial charge in [0.05, 0.1) is 20.3 Å². The Morgan fingerprint density at radius 2 is 1.33 bits per heavy atom. The van der Waals surface area contributed by atoms with E-state index in [4.69, 9.17) is 14.2 Å². The molecule has 3 aliphatic rings. The van der Waals surface area contributed by atoms with E-state index in [0.29, 0.717) is 35.0 Å². The van der Waals surface area contributed by atoms with Crippen molar-refractivity contribution in [3.05, 3.63) is 83.4 Å². The minimum Gasteiger partial charge on any atom is -0.497 e. The van der Waals surface area contributed by atoms with Crippen molar-refractivity contribution in [2.45, 2.75) is 76.3 Å². The number of fused-ring (bicyclic) bond motifs is 2. The number of hydrogen-bond acceptors (Lipinski definition) is 9. The number of nitrogens with one attached hydrogen (secondary N) is 4. The maximum absolute atomic E-state index is 14.3. The minimum atomic E-state index is -1.15. The van der Waals surface area contributed by atoms with Gasteiger partial charge >= 0.3 is 0 Å². The first-order chi connectivity index (χ1) is 25.8. The van der Waals surface area contributed by atoms with E-state index in [1.165, 1.54) is 18.9 Å². The molecule has 0 radical (unpaired) electrons. The Labute approximate surface area is 315 Å². The average Bonchev–Trinajstić information content (AvgIpc) is 3.17. The SMILES string of the molecule is COc1ccc(C[C@H]2CN[C@@H](C)C(=O)N(C)[C@H]3Cc4ccc(cc4)Oc4cc(ccc4OC)C[C@H](NC3=O)C(=O)N[C@H](C)C(=O)N[C@@H](C)C(=O)N2C)cc1. The summed E-state index contributed by atoms with van der Waals surface area (Å²) < 4.78 is 17.0. The third kappa shape index (κ3) is 9.47. The number of rotatable bonds is 4. The van der Waals surface area contributed by atoms with Gasteiger partial charge < -0.3 is 45.3 Å². The molecule has 0 aromatic heterocycles. The average molecular weight is 743 g/mol. The first-order valence-corrected chi connectivity index (χ1v) is 18.0. The molecule has 6 rings (SSSR count). The third-order valence-electron chi connectivity index (χ3n) is 10.0. The zero-order valence-electron chi connectivity index (χ0n) is 31.8. The van der Waals surface area contributed by atoms with Crippen molar-refractivity contribution in [2.24, 2.45) is 0 Å². The molecule has 54 heavy (non-hydrogen) atoms. The molecule has 4 N–H and O–H groups in total. The second-order valence-corrected chi connectivity index (χ2v) is 13.9. The Morgan fingerprint density at radius 3 is 2.00 bits per heavy atom. The quantitative estimate of drug-likeness (QED) is 0.313. The summed E-state index contributed by atoms with van der Waals surface area (Å²) >= 11 is 0. The summed E-state index contributed by atoms with van der Waals surface area (Å²) in [5.74, 6) is -0.333. The number of carbonyl (C=O) groups is 5. The lowest BCUT2D eigenvalue weighted by Gasteiger charge is -2.34. The van der Waals surface area contributed by atoms with Crippen LogP contribution in [0.3, 0.4) is 0 Å². The molecule has 0 saturated carbocycles. The zero-order chi connectivity index (χ0) is 39.1. The minimum absolute atomic E-state index is 0.0292. The number of carbonyl (C=O) groups excluding carboxylic acids is 5. The second kappa shape index (κ2) is 17.5. The van der Waals surface area contributed by atoms with Gasteiger partial charge in [-0.2, -0.15) is 0 Å². The summed E-state index contributed by atoms with van der Waals surface area (Å²) in [6.07, 6.45) is 0.602. The normalized spacial score (nSPS) is 24.7. The highest BCUT2D eigenvalue weighted by Gasteiger charge is 2.35. The van der Waals surface area contributed by atoms with E-state index in [0.717, 1.165) is 11.1 Å². The van der Waals surface area contributed by atoms with Crippen LogP contribution in [0.15, 0.2) is 66.7 Å². The summed E-state index contributed by atoms with van der Waals surface area (Å²) in [7, 11) is 6.33. The van der Waals surface area contributed by atoms with E-state index in [1.807, 2.05) is 36.4 Å². The summed E-state index contributed by atoms with van der Waals surface area (Å²) in [5, 5.41) is 11.6. The lowest BCUT2D eigenvalue weighted by Crippen LogP contribution is -2.60. The van der Waals surface area contributed by atoms with Crippen LogP contribution in [0, 0.1) is 0 Å². The van der Waals surface area contributed by atoms with E-state index in [1.54, 1.807) is 70.3 Å². The fourth-order valence-electron chi connectivity index (χ4n) is 6.59. The van der Waals surface area contributed by atoms with Crippen LogP contribution in [0.5, 0.6) is 23.0 Å². The molecule has 14 nitrogen and oxygen atoms in total. The number of ether oxygens (including phenoxy) is 3. The fraction of sp³-hybridized carbons (Fsp3) is 0.425. The molecule has 5 amide bonds. The number of amides is 5. The summed E-state index contributed by atoms with van der Waals surface area (Å²) in [6, 6.07) is 14.5. The van der Waals surface area contributed by atoms with E-state index in [9.17, 15) is 24.0 Å². The van der Waals surface area contributed by atoms with Gasteiger partial charge in [0.25, 0.3) is 0 Å². The number of methoxy groups -OCH3 is 2. The van der Waals surface area contributed by atoms with Crippen molar-refractivity contribution in [2.75, 3.05) is 34.9 Å². The topological polar surface area (TPSA) is 168 Å². The van der Waals surface area contributed by atoms with Crippen LogP contribution in [0.2, 0.25) is 0 Å². The molecule has 288 valence electrons. The monoisotopic (exact) mass is 742 g/mol. The Bertz CT molecular complexity index is 1830. The molecule has 3 heterocycles. The first kappa shape index (κ1) is 39.6. The van der Waals surface area contributed by atoms with Crippen LogP contribution >= 0.6 is 0 Å². The predicted octanol–water partition coefficient (Wildman–Crippen LogP) is 1.98. The maximum atomic E-state index is 14.3. The molecular weight excluding hydrogens is 692 g/mol. The second-order valence-electron chi connectivity index (χ2n) is 13.9. The van der Waals surface area contributed by atoms with Crippen molar-refractivity contribution in [1.82, 2.24) is 31.1 Å². The van der Waals surface area contributed by atoms with Gasteiger partial charge in [0.2, 0.25) is 29.5 Å². The molecule has 3 aromatic carbocycles. The lowest BCUT2D eigenvalue weighted by molar-refractivity contribution is -0.141. The maximum Gasteiger partial charge on any atom is 0.244 e. The molecule has 1 fully saturated rings. The Balaban J connectivity index is 1.52. The first-order valence-electron chi connectivity index (χ1n) is 18.0. The number of nitrogens with zero attached hydrogens (tertiary/aromatic N) is 2. The van der Waals surface area contributed by atoms with E-state index in [-0.39, 0.29) is 31.2 Å². The van der Waals surface area contributed by atoms with Crippen LogP contribution in [0.25, 0.3) is 0 Å².